The number of nitrogens with zero attached hydrogens (tertiary/aromatic N) is 2. The normalized spacial score (nSPS) is 10.2. The maximum absolute atomic E-state index is 12.2. The molecule has 0 aliphatic carbocycles. The van der Waals surface area contributed by atoms with Crippen LogP contribution in [0.1, 0.15) is 15.9 Å². The topological polar surface area (TPSA) is 85.1 Å². The monoisotopic (exact) mass is 303 g/mol. The molecule has 1 aromatic heterocycles. The average molecular weight is 303 g/mol. The van der Waals surface area contributed by atoms with Crippen LogP contribution in [0.15, 0.2) is 41.6 Å². The summed E-state index contributed by atoms with van der Waals surface area (Å²) in [6.07, 6.45) is 3.43. The van der Waals surface area contributed by atoms with Crippen molar-refractivity contribution < 1.29 is 9.72 Å². The summed E-state index contributed by atoms with van der Waals surface area (Å²) in [5.74, 6) is -0.323. The van der Waals surface area contributed by atoms with Gasteiger partial charge in [0.15, 0.2) is 0 Å². The molecule has 0 saturated heterocycles. The van der Waals surface area contributed by atoms with Crippen LogP contribution in [0.2, 0.25) is 0 Å². The standard InChI is InChI=1S/C14H13N3O3S/c1-9-11(4-3-5-12(9)17(19)20)16-14(18)10-6-7-15-13(8-10)21-2/h3-8H,1-2H3,(H,16,18). The number of nitro groups is 1. The number of amides is 1. The highest BCUT2D eigenvalue weighted by molar-refractivity contribution is 7.98. The molecule has 0 spiro atoms. The molecule has 1 heterocycles. The SMILES string of the molecule is CSc1cc(C(=O)Nc2cccc([N+](=O)[O-])c2C)ccn1. The Kier molecular flexibility index (Phi) is 4.54. The van der Waals surface area contributed by atoms with Gasteiger partial charge in [-0.3, -0.25) is 14.9 Å². The number of rotatable bonds is 4. The Bertz CT molecular complexity index is 704. The lowest BCUT2D eigenvalue weighted by molar-refractivity contribution is -0.385. The summed E-state index contributed by atoms with van der Waals surface area (Å²) >= 11 is 1.44. The van der Waals surface area contributed by atoms with Gasteiger partial charge >= 0.3 is 0 Å². The predicted octanol–water partition coefficient (Wildman–Crippen LogP) is 3.27. The van der Waals surface area contributed by atoms with E-state index in [1.165, 1.54) is 17.8 Å². The van der Waals surface area contributed by atoms with Crippen LogP contribution < -0.4 is 5.32 Å². The van der Waals surface area contributed by atoms with Crippen molar-refractivity contribution in [3.63, 3.8) is 0 Å². The van der Waals surface area contributed by atoms with E-state index in [-0.39, 0.29) is 11.6 Å². The first-order chi connectivity index (χ1) is 10.0. The molecule has 21 heavy (non-hydrogen) atoms. The van der Waals surface area contributed by atoms with Gasteiger partial charge in [-0.05, 0) is 31.4 Å². The smallest absolute Gasteiger partial charge is 0.274 e. The van der Waals surface area contributed by atoms with Crippen LogP contribution in [-0.2, 0) is 0 Å². The fraction of sp³-hybridized carbons (Fsp3) is 0.143. The lowest BCUT2D eigenvalue weighted by Crippen LogP contribution is -2.13. The van der Waals surface area contributed by atoms with Crippen molar-refractivity contribution in [3.05, 3.63) is 57.8 Å². The molecule has 0 aliphatic heterocycles. The second kappa shape index (κ2) is 6.36. The van der Waals surface area contributed by atoms with E-state index in [0.717, 1.165) is 5.03 Å². The van der Waals surface area contributed by atoms with Crippen molar-refractivity contribution in [2.75, 3.05) is 11.6 Å². The Labute approximate surface area is 125 Å². The van der Waals surface area contributed by atoms with E-state index >= 15 is 0 Å². The Morgan fingerprint density at radius 2 is 2.14 bits per heavy atom. The molecule has 0 unspecified atom stereocenters. The number of hydrogen-bond acceptors (Lipinski definition) is 5. The van der Waals surface area contributed by atoms with Gasteiger partial charge in [-0.1, -0.05) is 6.07 Å². The summed E-state index contributed by atoms with van der Waals surface area (Å²) < 4.78 is 0. The van der Waals surface area contributed by atoms with Gasteiger partial charge in [-0.25, -0.2) is 4.98 Å². The molecule has 0 radical (unpaired) electrons. The van der Waals surface area contributed by atoms with Gasteiger partial charge in [-0.15, -0.1) is 11.8 Å². The van der Waals surface area contributed by atoms with Gasteiger partial charge in [0.2, 0.25) is 0 Å². The van der Waals surface area contributed by atoms with Crippen molar-refractivity contribution in [1.82, 2.24) is 4.98 Å². The summed E-state index contributed by atoms with van der Waals surface area (Å²) in [6, 6.07) is 7.86. The first-order valence-corrected chi connectivity index (χ1v) is 7.31. The van der Waals surface area contributed by atoms with Crippen LogP contribution in [-0.4, -0.2) is 22.1 Å². The van der Waals surface area contributed by atoms with E-state index in [4.69, 9.17) is 0 Å². The van der Waals surface area contributed by atoms with E-state index in [1.54, 1.807) is 37.4 Å². The summed E-state index contributed by atoms with van der Waals surface area (Å²) in [5, 5.41) is 14.3. The molecule has 1 N–H and O–H groups in total. The highest BCUT2D eigenvalue weighted by Crippen LogP contribution is 2.25. The zero-order valence-electron chi connectivity index (χ0n) is 11.5. The number of thioether (sulfide) groups is 1. The largest absolute Gasteiger partial charge is 0.321 e. The highest BCUT2D eigenvalue weighted by atomic mass is 32.2. The Hall–Kier alpha value is -2.41. The van der Waals surface area contributed by atoms with Gasteiger partial charge < -0.3 is 5.32 Å². The molecular weight excluding hydrogens is 290 g/mol. The van der Waals surface area contributed by atoms with Crippen LogP contribution in [0.4, 0.5) is 11.4 Å². The molecule has 0 aliphatic rings. The number of carbonyl (C=O) groups is 1. The van der Waals surface area contributed by atoms with Crippen LogP contribution in [0, 0.1) is 17.0 Å². The Morgan fingerprint density at radius 3 is 2.81 bits per heavy atom. The molecule has 2 rings (SSSR count). The molecule has 108 valence electrons. The summed E-state index contributed by atoms with van der Waals surface area (Å²) in [5.41, 5.74) is 1.29. The predicted molar refractivity (Wildman–Crippen MR) is 81.8 cm³/mol. The Balaban J connectivity index is 2.27. The molecule has 7 heteroatoms. The van der Waals surface area contributed by atoms with Crippen molar-refractivity contribution >= 4 is 29.0 Å². The molecule has 1 amide bonds. The third-order valence-corrected chi connectivity index (χ3v) is 3.60. The van der Waals surface area contributed by atoms with E-state index < -0.39 is 4.92 Å². The number of carbonyl (C=O) groups excluding carboxylic acids is 1. The van der Waals surface area contributed by atoms with Crippen LogP contribution in [0.3, 0.4) is 0 Å². The lowest BCUT2D eigenvalue weighted by atomic mass is 10.1. The number of nitrogens with one attached hydrogen (secondary N) is 1. The minimum atomic E-state index is -0.469. The summed E-state index contributed by atoms with van der Waals surface area (Å²) in [6.45, 7) is 1.60. The molecule has 0 bridgehead atoms. The van der Waals surface area contributed by atoms with E-state index in [2.05, 4.69) is 10.3 Å². The first kappa shape index (κ1) is 15.0. The van der Waals surface area contributed by atoms with E-state index in [0.29, 0.717) is 16.8 Å². The van der Waals surface area contributed by atoms with Crippen molar-refractivity contribution in [2.24, 2.45) is 0 Å². The number of benzene rings is 1. The number of anilines is 1. The van der Waals surface area contributed by atoms with Crippen LogP contribution >= 0.6 is 11.8 Å². The Morgan fingerprint density at radius 1 is 1.38 bits per heavy atom. The molecule has 0 atom stereocenters. The second-order valence-corrected chi connectivity index (χ2v) is 5.07. The molecule has 0 saturated carbocycles. The fourth-order valence-electron chi connectivity index (χ4n) is 1.81. The molecule has 0 fully saturated rings. The lowest BCUT2D eigenvalue weighted by Gasteiger charge is -2.09. The minimum absolute atomic E-state index is 0.0210. The average Bonchev–Trinajstić information content (AvgIpc) is 2.49. The van der Waals surface area contributed by atoms with Gasteiger partial charge in [0.05, 0.1) is 21.2 Å². The van der Waals surface area contributed by atoms with Crippen molar-refractivity contribution in [3.8, 4) is 0 Å². The van der Waals surface area contributed by atoms with Crippen molar-refractivity contribution in [2.45, 2.75) is 11.9 Å². The number of pyridine rings is 1. The quantitative estimate of drug-likeness (QED) is 0.532. The van der Waals surface area contributed by atoms with E-state index in [9.17, 15) is 14.9 Å². The maximum Gasteiger partial charge on any atom is 0.274 e. The molecule has 2 aromatic rings. The zero-order valence-corrected chi connectivity index (χ0v) is 12.3. The van der Waals surface area contributed by atoms with Gasteiger partial charge in [-0.2, -0.15) is 0 Å². The fourth-order valence-corrected chi connectivity index (χ4v) is 2.22. The first-order valence-electron chi connectivity index (χ1n) is 6.08. The van der Waals surface area contributed by atoms with Gasteiger partial charge in [0, 0.05) is 17.8 Å². The number of nitro benzene ring substituents is 1. The van der Waals surface area contributed by atoms with Gasteiger partial charge in [0.25, 0.3) is 11.6 Å². The molecule has 1 aromatic carbocycles. The minimum Gasteiger partial charge on any atom is -0.321 e. The van der Waals surface area contributed by atoms with Crippen molar-refractivity contribution in [1.29, 1.82) is 0 Å². The second-order valence-electron chi connectivity index (χ2n) is 4.25. The summed E-state index contributed by atoms with van der Waals surface area (Å²) in [4.78, 5) is 26.7. The van der Waals surface area contributed by atoms with Gasteiger partial charge in [0.1, 0.15) is 0 Å². The summed E-state index contributed by atoms with van der Waals surface area (Å²) in [7, 11) is 0. The van der Waals surface area contributed by atoms with Crippen LogP contribution in [0.5, 0.6) is 0 Å². The molecular formula is C14H13N3O3S. The van der Waals surface area contributed by atoms with E-state index in [1.807, 2.05) is 6.26 Å². The number of hydrogen-bond donors (Lipinski definition) is 1. The zero-order chi connectivity index (χ0) is 15.4. The maximum atomic E-state index is 12.2. The van der Waals surface area contributed by atoms with Crippen LogP contribution in [0.25, 0.3) is 0 Å². The third-order valence-electron chi connectivity index (χ3n) is 2.96. The molecule has 6 nitrogen and oxygen atoms in total. The number of aromatic nitrogens is 1. The third kappa shape index (κ3) is 3.38. The highest BCUT2D eigenvalue weighted by Gasteiger charge is 2.15.